The predicted molar refractivity (Wildman–Crippen MR) is 100 cm³/mol. The van der Waals surface area contributed by atoms with Crippen molar-refractivity contribution in [3.05, 3.63) is 29.3 Å². The van der Waals surface area contributed by atoms with Crippen LogP contribution >= 0.6 is 11.6 Å². The maximum Gasteiger partial charge on any atom is 0.326 e. The maximum atomic E-state index is 12.9. The highest BCUT2D eigenvalue weighted by Crippen LogP contribution is 2.38. The molecule has 26 heavy (non-hydrogen) atoms. The van der Waals surface area contributed by atoms with Gasteiger partial charge in [-0.3, -0.25) is 9.69 Å². The average Bonchev–Trinajstić information content (AvgIpc) is 2.84. The van der Waals surface area contributed by atoms with Crippen molar-refractivity contribution in [3.8, 4) is 5.75 Å². The summed E-state index contributed by atoms with van der Waals surface area (Å²) >= 11 is 5.85. The Morgan fingerprint density at radius 2 is 2.04 bits per heavy atom. The third-order valence-corrected chi connectivity index (χ3v) is 5.69. The van der Waals surface area contributed by atoms with Gasteiger partial charge in [0, 0.05) is 11.6 Å². The highest BCUT2D eigenvalue weighted by Gasteiger charge is 2.54. The summed E-state index contributed by atoms with van der Waals surface area (Å²) in [6, 6.07) is 6.90. The zero-order chi connectivity index (χ0) is 18.7. The van der Waals surface area contributed by atoms with Crippen LogP contribution in [0.4, 0.5) is 4.79 Å². The lowest BCUT2D eigenvalue weighted by atomic mass is 9.73. The van der Waals surface area contributed by atoms with E-state index in [2.05, 4.69) is 12.2 Å². The number of carbonyl (C=O) groups is 2. The Hall–Kier alpha value is -1.79. The zero-order valence-electron chi connectivity index (χ0n) is 15.3. The smallest absolute Gasteiger partial charge is 0.326 e. The summed E-state index contributed by atoms with van der Waals surface area (Å²) in [4.78, 5) is 28.6. The van der Waals surface area contributed by atoms with E-state index in [-0.39, 0.29) is 24.5 Å². The molecule has 0 radical (unpaired) electrons. The van der Waals surface area contributed by atoms with E-state index < -0.39 is 5.54 Å². The van der Waals surface area contributed by atoms with E-state index in [0.29, 0.717) is 18.2 Å². The molecule has 3 amide bonds. The van der Waals surface area contributed by atoms with Crippen molar-refractivity contribution in [2.24, 2.45) is 5.92 Å². The van der Waals surface area contributed by atoms with Gasteiger partial charge in [0.2, 0.25) is 0 Å². The summed E-state index contributed by atoms with van der Waals surface area (Å²) in [6.45, 7) is 3.39. The van der Waals surface area contributed by atoms with Crippen LogP contribution in [-0.4, -0.2) is 54.1 Å². The van der Waals surface area contributed by atoms with Crippen molar-refractivity contribution in [2.75, 3.05) is 26.9 Å². The van der Waals surface area contributed by atoms with Crippen LogP contribution < -0.4 is 10.1 Å². The highest BCUT2D eigenvalue weighted by molar-refractivity contribution is 6.30. The maximum absolute atomic E-state index is 12.9. The van der Waals surface area contributed by atoms with Crippen LogP contribution in [0.3, 0.4) is 0 Å². The molecule has 1 aromatic carbocycles. The molecular formula is C19H26ClN3O3. The number of rotatable bonds is 6. The van der Waals surface area contributed by atoms with Gasteiger partial charge in [-0.1, -0.05) is 31.4 Å². The van der Waals surface area contributed by atoms with E-state index >= 15 is 0 Å². The number of imide groups is 1. The molecule has 2 fully saturated rings. The van der Waals surface area contributed by atoms with Gasteiger partial charge in [-0.05, 0) is 50.1 Å². The highest BCUT2D eigenvalue weighted by atomic mass is 35.5. The fraction of sp³-hybridized carbons (Fsp3) is 0.579. The van der Waals surface area contributed by atoms with Gasteiger partial charge in [0.1, 0.15) is 17.9 Å². The van der Waals surface area contributed by atoms with E-state index in [1.807, 2.05) is 24.1 Å². The number of urea groups is 1. The van der Waals surface area contributed by atoms with Crippen LogP contribution in [0.25, 0.3) is 0 Å². The van der Waals surface area contributed by atoms with Crippen molar-refractivity contribution in [1.82, 2.24) is 15.1 Å². The first-order valence-corrected chi connectivity index (χ1v) is 9.51. The summed E-state index contributed by atoms with van der Waals surface area (Å²) in [5.41, 5.74) is -0.698. The number of nitrogens with zero attached hydrogens (tertiary/aromatic N) is 2. The SMILES string of the molecule is C[C@@H]1CCCC[C@]12NC(=O)N(CN(C)CCOc1ccc(Cl)cc1)C2=O. The van der Waals surface area contributed by atoms with Gasteiger partial charge in [0.15, 0.2) is 0 Å². The Kier molecular flexibility index (Phi) is 5.73. The second-order valence-corrected chi connectivity index (χ2v) is 7.74. The number of carbonyl (C=O) groups excluding carboxylic acids is 2. The molecule has 1 saturated heterocycles. The van der Waals surface area contributed by atoms with Gasteiger partial charge in [0.05, 0.1) is 6.67 Å². The molecule has 2 atom stereocenters. The summed E-state index contributed by atoms with van der Waals surface area (Å²) in [7, 11) is 1.88. The van der Waals surface area contributed by atoms with Gasteiger partial charge in [0.25, 0.3) is 5.91 Å². The molecule has 3 rings (SSSR count). The molecule has 6 nitrogen and oxygen atoms in total. The van der Waals surface area contributed by atoms with E-state index in [0.717, 1.165) is 31.4 Å². The third-order valence-electron chi connectivity index (χ3n) is 5.44. The van der Waals surface area contributed by atoms with Crippen LogP contribution in [0.1, 0.15) is 32.6 Å². The summed E-state index contributed by atoms with van der Waals surface area (Å²) in [6.07, 6.45) is 3.81. The Morgan fingerprint density at radius 3 is 2.73 bits per heavy atom. The number of amides is 3. The molecular weight excluding hydrogens is 354 g/mol. The van der Waals surface area contributed by atoms with Gasteiger partial charge in [-0.25, -0.2) is 9.69 Å². The first-order chi connectivity index (χ1) is 12.4. The number of hydrogen-bond acceptors (Lipinski definition) is 4. The Balaban J connectivity index is 1.52. The number of halogens is 1. The van der Waals surface area contributed by atoms with E-state index in [1.165, 1.54) is 4.90 Å². The molecule has 2 aliphatic rings. The lowest BCUT2D eigenvalue weighted by molar-refractivity contribution is -0.135. The molecule has 0 unspecified atom stereocenters. The minimum atomic E-state index is -0.698. The lowest BCUT2D eigenvalue weighted by Gasteiger charge is -2.37. The minimum Gasteiger partial charge on any atom is -0.492 e. The number of hydrogen-bond donors (Lipinski definition) is 1. The molecule has 1 N–H and O–H groups in total. The first kappa shape index (κ1) is 19.0. The quantitative estimate of drug-likeness (QED) is 0.771. The van der Waals surface area contributed by atoms with Gasteiger partial charge in [-0.15, -0.1) is 0 Å². The molecule has 1 heterocycles. The standard InChI is InChI=1S/C19H26ClN3O3/c1-14-5-3-4-10-19(14)17(24)23(18(25)21-19)13-22(2)11-12-26-16-8-6-15(20)7-9-16/h6-9,14H,3-5,10-13H2,1-2H3,(H,21,25)/t14-,19+/m1/s1. The fourth-order valence-electron chi connectivity index (χ4n) is 3.79. The normalized spacial score (nSPS) is 25.8. The average molecular weight is 380 g/mol. The Labute approximate surface area is 159 Å². The monoisotopic (exact) mass is 379 g/mol. The third kappa shape index (κ3) is 3.81. The predicted octanol–water partition coefficient (Wildman–Crippen LogP) is 3.11. The van der Waals surface area contributed by atoms with Crippen LogP contribution in [0.5, 0.6) is 5.75 Å². The second-order valence-electron chi connectivity index (χ2n) is 7.30. The van der Waals surface area contributed by atoms with Crippen molar-refractivity contribution in [3.63, 3.8) is 0 Å². The number of nitrogens with one attached hydrogen (secondary N) is 1. The Morgan fingerprint density at radius 1 is 1.31 bits per heavy atom. The largest absolute Gasteiger partial charge is 0.492 e. The molecule has 1 saturated carbocycles. The zero-order valence-corrected chi connectivity index (χ0v) is 16.1. The van der Waals surface area contributed by atoms with Crippen molar-refractivity contribution >= 4 is 23.5 Å². The van der Waals surface area contributed by atoms with Gasteiger partial charge >= 0.3 is 6.03 Å². The second kappa shape index (κ2) is 7.84. The summed E-state index contributed by atoms with van der Waals surface area (Å²) < 4.78 is 5.67. The molecule has 1 aliphatic heterocycles. The molecule has 0 bridgehead atoms. The van der Waals surface area contributed by atoms with E-state index in [9.17, 15) is 9.59 Å². The molecule has 1 aliphatic carbocycles. The van der Waals surface area contributed by atoms with Gasteiger partial charge in [-0.2, -0.15) is 0 Å². The molecule has 0 aromatic heterocycles. The van der Waals surface area contributed by atoms with Crippen molar-refractivity contribution < 1.29 is 14.3 Å². The first-order valence-electron chi connectivity index (χ1n) is 9.13. The molecule has 7 heteroatoms. The van der Waals surface area contributed by atoms with Crippen molar-refractivity contribution in [2.45, 2.75) is 38.1 Å². The number of likely N-dealkylation sites (N-methyl/N-ethyl adjacent to an activating group) is 1. The Bertz CT molecular complexity index is 666. The van der Waals surface area contributed by atoms with Crippen molar-refractivity contribution in [1.29, 1.82) is 0 Å². The van der Waals surface area contributed by atoms with Gasteiger partial charge < -0.3 is 10.1 Å². The van der Waals surface area contributed by atoms with Crippen LogP contribution in [0.2, 0.25) is 5.02 Å². The van der Waals surface area contributed by atoms with Crippen LogP contribution in [-0.2, 0) is 4.79 Å². The summed E-state index contributed by atoms with van der Waals surface area (Å²) in [5, 5.41) is 3.64. The fourth-order valence-corrected chi connectivity index (χ4v) is 3.91. The number of benzene rings is 1. The number of ether oxygens (including phenoxy) is 1. The molecule has 1 aromatic rings. The van der Waals surface area contributed by atoms with E-state index in [4.69, 9.17) is 16.3 Å². The molecule has 142 valence electrons. The van der Waals surface area contributed by atoms with Crippen LogP contribution in [0, 0.1) is 5.92 Å². The lowest BCUT2D eigenvalue weighted by Crippen LogP contribution is -2.54. The molecule has 1 spiro atoms. The topological polar surface area (TPSA) is 61.9 Å². The van der Waals surface area contributed by atoms with E-state index in [1.54, 1.807) is 12.1 Å². The van der Waals surface area contributed by atoms with Crippen LogP contribution in [0.15, 0.2) is 24.3 Å². The summed E-state index contributed by atoms with van der Waals surface area (Å²) in [5.74, 6) is 0.837. The minimum absolute atomic E-state index is 0.0832.